The first-order valence-corrected chi connectivity index (χ1v) is 4.28. The Kier molecular flexibility index (Phi) is 3.06. The van der Waals surface area contributed by atoms with E-state index in [0.717, 1.165) is 0 Å². The number of nitrogens with zero attached hydrogens (tertiary/aromatic N) is 1. The summed E-state index contributed by atoms with van der Waals surface area (Å²) in [4.78, 5) is 15.1. The third-order valence-corrected chi connectivity index (χ3v) is 1.49. The molecule has 0 atom stereocenters. The van der Waals surface area contributed by atoms with Gasteiger partial charge in [-0.1, -0.05) is 13.8 Å². The van der Waals surface area contributed by atoms with E-state index < -0.39 is 5.97 Å². The second-order valence-corrected chi connectivity index (χ2v) is 2.94. The zero-order valence-corrected chi connectivity index (χ0v) is 8.03. The molecule has 0 aliphatic heterocycles. The minimum absolute atomic E-state index is 0.172. The Morgan fingerprint density at radius 1 is 1.69 bits per heavy atom. The van der Waals surface area contributed by atoms with Gasteiger partial charge in [-0.05, 0) is 6.92 Å². The van der Waals surface area contributed by atoms with Gasteiger partial charge in [0.2, 0.25) is 5.76 Å². The second-order valence-electron chi connectivity index (χ2n) is 2.94. The van der Waals surface area contributed by atoms with Crippen LogP contribution in [0, 0.1) is 0 Å². The molecule has 0 bridgehead atoms. The molecule has 1 aromatic heterocycles. The van der Waals surface area contributed by atoms with Gasteiger partial charge in [-0.15, -0.1) is 0 Å². The Morgan fingerprint density at radius 3 is 2.85 bits per heavy atom. The van der Waals surface area contributed by atoms with Gasteiger partial charge in [-0.3, -0.25) is 0 Å². The number of hydrogen-bond acceptors (Lipinski definition) is 4. The van der Waals surface area contributed by atoms with Crippen molar-refractivity contribution < 1.29 is 13.9 Å². The summed E-state index contributed by atoms with van der Waals surface area (Å²) in [5.74, 6) is 0.457. The molecule has 0 saturated heterocycles. The molecule has 0 aliphatic carbocycles. The van der Waals surface area contributed by atoms with Crippen molar-refractivity contribution in [3.05, 3.63) is 17.8 Å². The first-order chi connectivity index (χ1) is 6.15. The van der Waals surface area contributed by atoms with Crippen LogP contribution >= 0.6 is 0 Å². The highest BCUT2D eigenvalue weighted by atomic mass is 16.5. The minimum Gasteiger partial charge on any atom is -0.460 e. The average molecular weight is 183 g/mol. The normalized spacial score (nSPS) is 10.5. The molecule has 0 saturated carbocycles. The zero-order chi connectivity index (χ0) is 9.84. The lowest BCUT2D eigenvalue weighted by Crippen LogP contribution is -2.02. The van der Waals surface area contributed by atoms with E-state index in [0.29, 0.717) is 12.5 Å². The molecule has 0 amide bonds. The first-order valence-electron chi connectivity index (χ1n) is 4.28. The lowest BCUT2D eigenvalue weighted by Gasteiger charge is -1.97. The predicted octanol–water partition coefficient (Wildman–Crippen LogP) is 1.97. The van der Waals surface area contributed by atoms with Crippen LogP contribution in [-0.2, 0) is 4.74 Å². The van der Waals surface area contributed by atoms with Crippen LogP contribution in [0.25, 0.3) is 0 Å². The van der Waals surface area contributed by atoms with E-state index in [1.54, 1.807) is 6.92 Å². The topological polar surface area (TPSA) is 52.3 Å². The number of ether oxygens (including phenoxy) is 1. The van der Waals surface area contributed by atoms with Gasteiger partial charge in [0, 0.05) is 5.92 Å². The number of carbonyl (C=O) groups is 1. The van der Waals surface area contributed by atoms with Crippen LogP contribution in [-0.4, -0.2) is 17.6 Å². The quantitative estimate of drug-likeness (QED) is 0.672. The van der Waals surface area contributed by atoms with Gasteiger partial charge in [-0.25, -0.2) is 9.78 Å². The Hall–Kier alpha value is -1.32. The number of carbonyl (C=O) groups excluding carboxylic acids is 1. The van der Waals surface area contributed by atoms with Crippen molar-refractivity contribution in [2.75, 3.05) is 6.61 Å². The molecule has 0 N–H and O–H groups in total. The molecular weight excluding hydrogens is 170 g/mol. The van der Waals surface area contributed by atoms with Crippen molar-refractivity contribution in [1.29, 1.82) is 0 Å². The summed E-state index contributed by atoms with van der Waals surface area (Å²) < 4.78 is 9.92. The number of hydrogen-bond donors (Lipinski definition) is 0. The van der Waals surface area contributed by atoms with Gasteiger partial charge in [0.1, 0.15) is 0 Å². The molecule has 0 unspecified atom stereocenters. The molecule has 0 radical (unpaired) electrons. The summed E-state index contributed by atoms with van der Waals surface area (Å²) in [7, 11) is 0. The van der Waals surface area contributed by atoms with E-state index in [1.807, 2.05) is 13.8 Å². The van der Waals surface area contributed by atoms with Crippen molar-refractivity contribution in [2.45, 2.75) is 26.7 Å². The SMILES string of the molecule is CCOC(=O)c1cnc(C(C)C)o1. The zero-order valence-electron chi connectivity index (χ0n) is 8.03. The highest BCUT2D eigenvalue weighted by Crippen LogP contribution is 2.14. The molecule has 4 heteroatoms. The predicted molar refractivity (Wildman–Crippen MR) is 46.5 cm³/mol. The van der Waals surface area contributed by atoms with Gasteiger partial charge < -0.3 is 9.15 Å². The monoisotopic (exact) mass is 183 g/mol. The van der Waals surface area contributed by atoms with Crippen molar-refractivity contribution in [3.63, 3.8) is 0 Å². The Labute approximate surface area is 76.9 Å². The summed E-state index contributed by atoms with van der Waals surface area (Å²) in [6.07, 6.45) is 1.40. The molecule has 1 heterocycles. The fraction of sp³-hybridized carbons (Fsp3) is 0.556. The van der Waals surface area contributed by atoms with E-state index in [1.165, 1.54) is 6.20 Å². The second kappa shape index (κ2) is 4.07. The van der Waals surface area contributed by atoms with Gasteiger partial charge >= 0.3 is 5.97 Å². The smallest absolute Gasteiger partial charge is 0.375 e. The van der Waals surface area contributed by atoms with Crippen molar-refractivity contribution >= 4 is 5.97 Å². The van der Waals surface area contributed by atoms with Crippen molar-refractivity contribution in [1.82, 2.24) is 4.98 Å². The van der Waals surface area contributed by atoms with E-state index in [-0.39, 0.29) is 11.7 Å². The molecule has 72 valence electrons. The summed E-state index contributed by atoms with van der Waals surface area (Å²) in [5.41, 5.74) is 0. The minimum atomic E-state index is -0.457. The first kappa shape index (κ1) is 9.77. The number of esters is 1. The molecule has 1 rings (SSSR count). The van der Waals surface area contributed by atoms with E-state index >= 15 is 0 Å². The largest absolute Gasteiger partial charge is 0.460 e. The standard InChI is InChI=1S/C9H13NO3/c1-4-12-9(11)7-5-10-8(13-7)6(2)3/h5-6H,4H2,1-3H3. The molecule has 13 heavy (non-hydrogen) atoms. The third-order valence-electron chi connectivity index (χ3n) is 1.49. The molecule has 4 nitrogen and oxygen atoms in total. The third kappa shape index (κ3) is 2.31. The van der Waals surface area contributed by atoms with Gasteiger partial charge in [0.15, 0.2) is 5.89 Å². The summed E-state index contributed by atoms with van der Waals surface area (Å²) >= 11 is 0. The van der Waals surface area contributed by atoms with Crippen molar-refractivity contribution in [2.24, 2.45) is 0 Å². The van der Waals surface area contributed by atoms with Crippen LogP contribution in [0.15, 0.2) is 10.6 Å². The fourth-order valence-corrected chi connectivity index (χ4v) is 0.851. The van der Waals surface area contributed by atoms with Gasteiger partial charge in [0.05, 0.1) is 12.8 Å². The Morgan fingerprint density at radius 2 is 2.38 bits per heavy atom. The molecule has 0 fully saturated rings. The lowest BCUT2D eigenvalue weighted by atomic mass is 10.2. The summed E-state index contributed by atoms with van der Waals surface area (Å²) in [6, 6.07) is 0. The van der Waals surface area contributed by atoms with Crippen LogP contribution in [0.5, 0.6) is 0 Å². The number of rotatable bonds is 3. The van der Waals surface area contributed by atoms with E-state index in [4.69, 9.17) is 9.15 Å². The highest BCUT2D eigenvalue weighted by molar-refractivity contribution is 5.85. The fourth-order valence-electron chi connectivity index (χ4n) is 0.851. The Bertz CT molecular complexity index is 291. The van der Waals surface area contributed by atoms with E-state index in [2.05, 4.69) is 4.98 Å². The number of oxazole rings is 1. The molecule has 0 aromatic carbocycles. The molecular formula is C9H13NO3. The highest BCUT2D eigenvalue weighted by Gasteiger charge is 2.14. The van der Waals surface area contributed by atoms with Crippen LogP contribution in [0.4, 0.5) is 0 Å². The maximum Gasteiger partial charge on any atom is 0.375 e. The van der Waals surface area contributed by atoms with E-state index in [9.17, 15) is 4.79 Å². The van der Waals surface area contributed by atoms with Gasteiger partial charge in [0.25, 0.3) is 0 Å². The van der Waals surface area contributed by atoms with Gasteiger partial charge in [-0.2, -0.15) is 0 Å². The van der Waals surface area contributed by atoms with Crippen LogP contribution in [0.3, 0.4) is 0 Å². The van der Waals surface area contributed by atoms with Crippen LogP contribution < -0.4 is 0 Å². The number of aromatic nitrogens is 1. The molecule has 0 aliphatic rings. The van der Waals surface area contributed by atoms with Crippen LogP contribution in [0.1, 0.15) is 43.1 Å². The average Bonchev–Trinajstić information content (AvgIpc) is 2.52. The maximum atomic E-state index is 11.1. The molecule has 1 aromatic rings. The summed E-state index contributed by atoms with van der Waals surface area (Å²) in [5, 5.41) is 0. The summed E-state index contributed by atoms with van der Waals surface area (Å²) in [6.45, 7) is 5.98. The Balaban J connectivity index is 2.73. The molecule has 0 spiro atoms. The van der Waals surface area contributed by atoms with Crippen LogP contribution in [0.2, 0.25) is 0 Å². The maximum absolute atomic E-state index is 11.1. The van der Waals surface area contributed by atoms with Crippen molar-refractivity contribution in [3.8, 4) is 0 Å². The lowest BCUT2D eigenvalue weighted by molar-refractivity contribution is 0.0487.